The lowest BCUT2D eigenvalue weighted by Gasteiger charge is -2.37. The number of nitrogens with one attached hydrogen (secondary N) is 1. The number of alkyl halides is 4. The van der Waals surface area contributed by atoms with Crippen LogP contribution in [0.25, 0.3) is 0 Å². The molecule has 18 heavy (non-hydrogen) atoms. The zero-order valence-corrected chi connectivity index (χ0v) is 10.5. The van der Waals surface area contributed by atoms with Crippen molar-refractivity contribution < 1.29 is 22.8 Å². The minimum absolute atomic E-state index is 0.127. The molecule has 0 aromatic carbocycles. The molecule has 1 rings (SSSR count). The van der Waals surface area contributed by atoms with Gasteiger partial charge in [0, 0.05) is 12.0 Å². The molecule has 0 unspecified atom stereocenters. The summed E-state index contributed by atoms with van der Waals surface area (Å²) in [5, 5.41) is 1.99. The predicted molar refractivity (Wildman–Crippen MR) is 60.4 cm³/mol. The Labute approximate surface area is 108 Å². The van der Waals surface area contributed by atoms with Gasteiger partial charge in [0.25, 0.3) is 0 Å². The van der Waals surface area contributed by atoms with Gasteiger partial charge in [0.05, 0.1) is 5.88 Å². The van der Waals surface area contributed by atoms with Crippen LogP contribution < -0.4 is 5.32 Å². The van der Waals surface area contributed by atoms with Gasteiger partial charge in [0.1, 0.15) is 5.78 Å². The second kappa shape index (κ2) is 5.91. The van der Waals surface area contributed by atoms with E-state index in [0.29, 0.717) is 25.7 Å². The maximum Gasteiger partial charge on any atom is 0.471 e. The van der Waals surface area contributed by atoms with E-state index in [2.05, 4.69) is 0 Å². The van der Waals surface area contributed by atoms with Crippen molar-refractivity contribution in [1.29, 1.82) is 0 Å². The fourth-order valence-corrected chi connectivity index (χ4v) is 2.41. The third-order valence-electron chi connectivity index (χ3n) is 3.13. The van der Waals surface area contributed by atoms with E-state index in [1.807, 2.05) is 5.32 Å². The number of amides is 1. The van der Waals surface area contributed by atoms with Crippen LogP contribution >= 0.6 is 11.6 Å². The fraction of sp³-hybridized carbons (Fsp3) is 0.818. The van der Waals surface area contributed by atoms with E-state index in [4.69, 9.17) is 11.6 Å². The molecule has 0 radical (unpaired) electrons. The van der Waals surface area contributed by atoms with E-state index in [-0.39, 0.29) is 18.1 Å². The molecule has 1 N–H and O–H groups in total. The number of hydrogen-bond donors (Lipinski definition) is 1. The van der Waals surface area contributed by atoms with Crippen molar-refractivity contribution in [3.8, 4) is 0 Å². The molecule has 3 nitrogen and oxygen atoms in total. The minimum atomic E-state index is -4.92. The van der Waals surface area contributed by atoms with Crippen LogP contribution in [0.1, 0.15) is 38.5 Å². The number of carbonyl (C=O) groups excluding carboxylic acids is 2. The monoisotopic (exact) mass is 285 g/mol. The van der Waals surface area contributed by atoms with Crippen LogP contribution in [0.3, 0.4) is 0 Å². The first-order valence-electron chi connectivity index (χ1n) is 5.76. The van der Waals surface area contributed by atoms with E-state index in [1.54, 1.807) is 0 Å². The Kier molecular flexibility index (Phi) is 5.01. The molecule has 1 aliphatic rings. The Morgan fingerprint density at radius 3 is 2.17 bits per heavy atom. The highest BCUT2D eigenvalue weighted by atomic mass is 35.5. The number of Topliss-reactive ketones (excluding diaryl/α,β-unsaturated/α-hetero) is 1. The molecular weight excluding hydrogens is 271 g/mol. The van der Waals surface area contributed by atoms with Crippen LogP contribution in [0.15, 0.2) is 0 Å². The average Bonchev–Trinajstić information content (AvgIpc) is 2.28. The molecule has 104 valence electrons. The van der Waals surface area contributed by atoms with Gasteiger partial charge in [-0.2, -0.15) is 13.2 Å². The quantitative estimate of drug-likeness (QED) is 0.807. The molecule has 0 bridgehead atoms. The van der Waals surface area contributed by atoms with Crippen LogP contribution in [0.5, 0.6) is 0 Å². The van der Waals surface area contributed by atoms with E-state index in [9.17, 15) is 22.8 Å². The average molecular weight is 286 g/mol. The van der Waals surface area contributed by atoms with Crippen molar-refractivity contribution in [2.45, 2.75) is 50.2 Å². The first-order chi connectivity index (χ1) is 8.29. The van der Waals surface area contributed by atoms with Crippen molar-refractivity contribution in [3.05, 3.63) is 0 Å². The number of hydrogen-bond acceptors (Lipinski definition) is 2. The molecule has 0 aromatic heterocycles. The van der Waals surface area contributed by atoms with Gasteiger partial charge in [-0.25, -0.2) is 0 Å². The molecular formula is C11H15ClF3NO2. The Hall–Kier alpha value is -0.780. The van der Waals surface area contributed by atoms with Crippen LogP contribution in [-0.2, 0) is 9.59 Å². The van der Waals surface area contributed by atoms with Crippen molar-refractivity contribution in [3.63, 3.8) is 0 Å². The Morgan fingerprint density at radius 1 is 1.17 bits per heavy atom. The summed E-state index contributed by atoms with van der Waals surface area (Å²) in [6, 6.07) is 0. The lowest BCUT2D eigenvalue weighted by atomic mass is 9.78. The summed E-state index contributed by atoms with van der Waals surface area (Å²) in [6.07, 6.45) is -1.97. The maximum atomic E-state index is 12.3. The standard InChI is InChI=1S/C11H15ClF3NO2/c12-7-8(17)6-10(4-2-1-3-5-10)16-9(18)11(13,14)15/h1-7H2,(H,16,18). The molecule has 7 heteroatoms. The lowest BCUT2D eigenvalue weighted by molar-refractivity contribution is -0.176. The summed E-state index contributed by atoms with van der Waals surface area (Å²) in [4.78, 5) is 22.4. The number of rotatable bonds is 4. The number of carbonyl (C=O) groups is 2. The van der Waals surface area contributed by atoms with Crippen LogP contribution in [-0.4, -0.2) is 29.3 Å². The Morgan fingerprint density at radius 2 is 1.72 bits per heavy atom. The van der Waals surface area contributed by atoms with Gasteiger partial charge in [-0.15, -0.1) is 11.6 Å². The van der Waals surface area contributed by atoms with Crippen LogP contribution in [0.4, 0.5) is 13.2 Å². The molecule has 1 fully saturated rings. The zero-order valence-electron chi connectivity index (χ0n) is 9.78. The minimum Gasteiger partial charge on any atom is -0.342 e. The highest BCUT2D eigenvalue weighted by Crippen LogP contribution is 2.32. The number of halogens is 4. The molecule has 0 heterocycles. The molecule has 0 aliphatic heterocycles. The predicted octanol–water partition coefficient (Wildman–Crippen LogP) is 2.57. The van der Waals surface area contributed by atoms with E-state index < -0.39 is 17.6 Å². The number of ketones is 1. The third kappa shape index (κ3) is 4.15. The Balaban J connectivity index is 2.77. The van der Waals surface area contributed by atoms with E-state index >= 15 is 0 Å². The maximum absolute atomic E-state index is 12.3. The van der Waals surface area contributed by atoms with Crippen LogP contribution in [0.2, 0.25) is 0 Å². The molecule has 0 saturated heterocycles. The smallest absolute Gasteiger partial charge is 0.342 e. The van der Waals surface area contributed by atoms with Crippen molar-refractivity contribution in [1.82, 2.24) is 5.32 Å². The normalized spacial score (nSPS) is 19.3. The molecule has 1 amide bonds. The zero-order chi connectivity index (χ0) is 13.8. The van der Waals surface area contributed by atoms with Gasteiger partial charge in [-0.3, -0.25) is 9.59 Å². The third-order valence-corrected chi connectivity index (χ3v) is 3.43. The fourth-order valence-electron chi connectivity index (χ4n) is 2.31. The van der Waals surface area contributed by atoms with Crippen LogP contribution in [0, 0.1) is 0 Å². The Bertz CT molecular complexity index is 325. The second-order valence-corrected chi connectivity index (χ2v) is 4.91. The first-order valence-corrected chi connectivity index (χ1v) is 6.29. The summed E-state index contributed by atoms with van der Waals surface area (Å²) >= 11 is 5.38. The second-order valence-electron chi connectivity index (χ2n) is 4.64. The van der Waals surface area contributed by atoms with Gasteiger partial charge in [0.2, 0.25) is 0 Å². The molecule has 1 saturated carbocycles. The highest BCUT2D eigenvalue weighted by Gasteiger charge is 2.44. The van der Waals surface area contributed by atoms with Gasteiger partial charge in [0.15, 0.2) is 0 Å². The lowest BCUT2D eigenvalue weighted by Crippen LogP contribution is -2.54. The molecule has 0 aromatic rings. The molecule has 1 aliphatic carbocycles. The summed E-state index contributed by atoms with van der Waals surface area (Å²) in [7, 11) is 0. The van der Waals surface area contributed by atoms with Gasteiger partial charge in [-0.05, 0) is 12.8 Å². The van der Waals surface area contributed by atoms with Crippen molar-refractivity contribution in [2.24, 2.45) is 0 Å². The van der Waals surface area contributed by atoms with E-state index in [0.717, 1.165) is 6.42 Å². The highest BCUT2D eigenvalue weighted by molar-refractivity contribution is 6.27. The summed E-state index contributed by atoms with van der Waals surface area (Å²) < 4.78 is 36.8. The van der Waals surface area contributed by atoms with Gasteiger partial charge < -0.3 is 5.32 Å². The SMILES string of the molecule is O=C(CCl)CC1(NC(=O)C(F)(F)F)CCCCC1. The summed E-state index contributed by atoms with van der Waals surface area (Å²) in [6.45, 7) is 0. The first kappa shape index (κ1) is 15.3. The largest absolute Gasteiger partial charge is 0.471 e. The van der Waals surface area contributed by atoms with Crippen molar-refractivity contribution in [2.75, 3.05) is 5.88 Å². The van der Waals surface area contributed by atoms with Gasteiger partial charge in [-0.1, -0.05) is 19.3 Å². The summed E-state index contributed by atoms with van der Waals surface area (Å²) in [5.41, 5.74) is -1.07. The van der Waals surface area contributed by atoms with Crippen molar-refractivity contribution >= 4 is 23.3 Å². The van der Waals surface area contributed by atoms with Gasteiger partial charge >= 0.3 is 12.1 Å². The molecule has 0 atom stereocenters. The topological polar surface area (TPSA) is 46.2 Å². The summed E-state index contributed by atoms with van der Waals surface area (Å²) in [5.74, 6) is -2.57. The van der Waals surface area contributed by atoms with E-state index in [1.165, 1.54) is 0 Å². The molecule has 0 spiro atoms.